The number of unbranched alkanes of at least 4 members (excludes halogenated alkanes) is 1. The van der Waals surface area contributed by atoms with Gasteiger partial charge >= 0.3 is 0 Å². The molecule has 2 unspecified atom stereocenters. The number of imidazole rings is 1. The lowest BCUT2D eigenvalue weighted by atomic mass is 9.91. The van der Waals surface area contributed by atoms with E-state index >= 15 is 0 Å². The van der Waals surface area contributed by atoms with Crippen LogP contribution in [0, 0.1) is 0 Å². The third-order valence-electron chi connectivity index (χ3n) is 5.28. The molecule has 0 saturated heterocycles. The maximum Gasteiger partial charge on any atom is 0.223 e. The lowest BCUT2D eigenvalue weighted by molar-refractivity contribution is -0.114. The molecular formula is C21H30N6OS. The molecule has 0 spiro atoms. The van der Waals surface area contributed by atoms with Crippen LogP contribution >= 0.6 is 11.8 Å². The molecule has 0 bridgehead atoms. The van der Waals surface area contributed by atoms with Gasteiger partial charge in [-0.3, -0.25) is 19.7 Å². The van der Waals surface area contributed by atoms with Crippen molar-refractivity contribution >= 4 is 46.0 Å². The summed E-state index contributed by atoms with van der Waals surface area (Å²) in [6.07, 6.45) is 6.86. The summed E-state index contributed by atoms with van der Waals surface area (Å²) in [5.41, 5.74) is 3.15. The number of hydrazone groups is 1. The molecule has 2 aromatic rings. The molecule has 1 aliphatic heterocycles. The Kier molecular flexibility index (Phi) is 7.30. The van der Waals surface area contributed by atoms with Gasteiger partial charge in [0.1, 0.15) is 0 Å². The molecule has 156 valence electrons. The number of carbonyl (C=O) groups is 1. The number of aliphatic imine (C=N–C) groups is 1. The zero-order chi connectivity index (χ0) is 20.8. The number of amides is 1. The Morgan fingerprint density at radius 2 is 2.31 bits per heavy atom. The number of fused-ring (bicyclic) bond motifs is 1. The van der Waals surface area contributed by atoms with Gasteiger partial charge in [0.25, 0.3) is 0 Å². The molecule has 3 rings (SSSR count). The number of nitrogens with two attached hydrogens (primary N) is 1. The Hall–Kier alpha value is -2.35. The normalized spacial score (nSPS) is 17.8. The van der Waals surface area contributed by atoms with Gasteiger partial charge in [-0.15, -0.1) is 0 Å². The quantitative estimate of drug-likeness (QED) is 0.291. The Bertz CT molecular complexity index is 919. The van der Waals surface area contributed by atoms with Gasteiger partial charge < -0.3 is 5.84 Å². The predicted octanol–water partition coefficient (Wildman–Crippen LogP) is 4.33. The molecule has 2 heterocycles. The number of thioether (sulfide) groups is 1. The van der Waals surface area contributed by atoms with Crippen molar-refractivity contribution in [1.29, 1.82) is 0 Å². The highest BCUT2D eigenvalue weighted by Crippen LogP contribution is 2.32. The van der Waals surface area contributed by atoms with Gasteiger partial charge in [0.15, 0.2) is 5.17 Å². The topological polar surface area (TPSA) is 97.7 Å². The molecule has 7 nitrogen and oxygen atoms in total. The van der Waals surface area contributed by atoms with Crippen molar-refractivity contribution in [1.82, 2.24) is 9.55 Å². The number of aromatic nitrogens is 2. The van der Waals surface area contributed by atoms with Crippen LogP contribution in [0.1, 0.15) is 64.4 Å². The van der Waals surface area contributed by atoms with Crippen molar-refractivity contribution in [3.05, 3.63) is 23.8 Å². The fraction of sp³-hybridized carbons (Fsp3) is 0.524. The number of anilines is 1. The maximum absolute atomic E-state index is 11.7. The minimum Gasteiger partial charge on any atom is -0.324 e. The fourth-order valence-electron chi connectivity index (χ4n) is 3.65. The van der Waals surface area contributed by atoms with Crippen LogP contribution in [0.2, 0.25) is 0 Å². The summed E-state index contributed by atoms with van der Waals surface area (Å²) in [6, 6.07) is 6.73. The highest BCUT2D eigenvalue weighted by atomic mass is 32.2. The molecule has 0 aliphatic carbocycles. The molecule has 1 amide bonds. The van der Waals surface area contributed by atoms with Crippen molar-refractivity contribution in [2.75, 3.05) is 11.1 Å². The number of nitrogens with zero attached hydrogens (tertiary/aromatic N) is 4. The lowest BCUT2D eigenvalue weighted by Crippen LogP contribution is -2.15. The van der Waals surface area contributed by atoms with Crippen LogP contribution in [0.15, 0.2) is 28.3 Å². The summed E-state index contributed by atoms with van der Waals surface area (Å²) >= 11 is 1.72. The van der Waals surface area contributed by atoms with Crippen molar-refractivity contribution in [3.8, 4) is 0 Å². The van der Waals surface area contributed by atoms with Gasteiger partial charge in [-0.05, 0) is 55.7 Å². The molecule has 3 N–H and O–H groups in total. The van der Waals surface area contributed by atoms with Gasteiger partial charge in [-0.2, -0.15) is 5.10 Å². The Morgan fingerprint density at radius 1 is 1.48 bits per heavy atom. The number of rotatable bonds is 8. The van der Waals surface area contributed by atoms with Gasteiger partial charge in [-0.1, -0.05) is 31.7 Å². The molecule has 2 atom stereocenters. The van der Waals surface area contributed by atoms with Crippen LogP contribution in [0.3, 0.4) is 0 Å². The summed E-state index contributed by atoms with van der Waals surface area (Å²) in [5.74, 6) is 7.03. The average Bonchev–Trinajstić information content (AvgIpc) is 3.30. The lowest BCUT2D eigenvalue weighted by Gasteiger charge is -2.15. The number of carbonyl (C=O) groups excluding carboxylic acids is 1. The fourth-order valence-corrected chi connectivity index (χ4v) is 4.84. The van der Waals surface area contributed by atoms with Crippen LogP contribution in [-0.2, 0) is 4.79 Å². The molecule has 0 saturated carbocycles. The number of benzene rings is 1. The number of hydrogen-bond acceptors (Lipinski definition) is 6. The second-order valence-electron chi connectivity index (χ2n) is 7.35. The van der Waals surface area contributed by atoms with Gasteiger partial charge in [0.05, 0.1) is 17.1 Å². The zero-order valence-corrected chi connectivity index (χ0v) is 18.2. The third-order valence-corrected chi connectivity index (χ3v) is 6.38. The van der Waals surface area contributed by atoms with E-state index in [9.17, 15) is 4.79 Å². The molecule has 0 radical (unpaired) electrons. The summed E-state index contributed by atoms with van der Waals surface area (Å²) in [4.78, 5) is 21.3. The Labute approximate surface area is 176 Å². The standard InChI is InChI=1S/C21H30N6OS/c1-4-15(8-6-7-11-23-22)16-9-10-18-19(12-16)27(20(26-18)24-14(3)28)21-25-17(5-2)13-29-21/h9-12,15,17H,4-8,13,22H2,1-3H3,(H,24,26,28). The molecule has 29 heavy (non-hydrogen) atoms. The number of nitrogens with one attached hydrogen (secondary N) is 1. The molecule has 8 heteroatoms. The van der Waals surface area contributed by atoms with E-state index in [1.54, 1.807) is 18.0 Å². The minimum atomic E-state index is -0.134. The Balaban J connectivity index is 1.99. The molecule has 1 aliphatic rings. The van der Waals surface area contributed by atoms with Gasteiger partial charge in [0, 0.05) is 18.9 Å². The molecular weight excluding hydrogens is 384 g/mol. The molecule has 1 aromatic carbocycles. The van der Waals surface area contributed by atoms with E-state index in [1.165, 1.54) is 12.5 Å². The SMILES string of the molecule is CCC1CSC(n2c(NC(C)=O)nc3ccc(C(CC)CCCC=NN)cc32)=N1. The van der Waals surface area contributed by atoms with E-state index in [-0.39, 0.29) is 5.91 Å². The largest absolute Gasteiger partial charge is 0.324 e. The van der Waals surface area contributed by atoms with Gasteiger partial charge in [0.2, 0.25) is 11.9 Å². The van der Waals surface area contributed by atoms with Crippen molar-refractivity contribution in [2.24, 2.45) is 15.9 Å². The van der Waals surface area contributed by atoms with E-state index in [0.717, 1.165) is 54.1 Å². The van der Waals surface area contributed by atoms with E-state index in [4.69, 9.17) is 10.8 Å². The van der Waals surface area contributed by atoms with E-state index in [2.05, 4.69) is 41.4 Å². The number of hydrogen-bond donors (Lipinski definition) is 2. The Morgan fingerprint density at radius 3 is 2.97 bits per heavy atom. The first-order valence-corrected chi connectivity index (χ1v) is 11.3. The van der Waals surface area contributed by atoms with Crippen LogP contribution in [0.5, 0.6) is 0 Å². The summed E-state index contributed by atoms with van der Waals surface area (Å²) in [7, 11) is 0. The second-order valence-corrected chi connectivity index (χ2v) is 8.34. The van der Waals surface area contributed by atoms with Crippen molar-refractivity contribution < 1.29 is 4.79 Å². The summed E-state index contributed by atoms with van der Waals surface area (Å²) in [5, 5.41) is 7.37. The second kappa shape index (κ2) is 9.91. The van der Waals surface area contributed by atoms with E-state index < -0.39 is 0 Å². The third kappa shape index (κ3) is 4.98. The summed E-state index contributed by atoms with van der Waals surface area (Å²) < 4.78 is 2.01. The first-order chi connectivity index (χ1) is 14.1. The van der Waals surface area contributed by atoms with Gasteiger partial charge in [-0.25, -0.2) is 4.98 Å². The smallest absolute Gasteiger partial charge is 0.223 e. The predicted molar refractivity (Wildman–Crippen MR) is 123 cm³/mol. The van der Waals surface area contributed by atoms with E-state index in [1.807, 2.05) is 10.6 Å². The first kappa shape index (κ1) is 21.4. The van der Waals surface area contributed by atoms with E-state index in [0.29, 0.717) is 17.9 Å². The summed E-state index contributed by atoms with van der Waals surface area (Å²) in [6.45, 7) is 5.87. The maximum atomic E-state index is 11.7. The monoisotopic (exact) mass is 414 g/mol. The van der Waals surface area contributed by atoms with Crippen molar-refractivity contribution in [2.45, 2.75) is 64.8 Å². The highest BCUT2D eigenvalue weighted by Gasteiger charge is 2.24. The van der Waals surface area contributed by atoms with Crippen LogP contribution in [-0.4, -0.2) is 38.6 Å². The zero-order valence-electron chi connectivity index (χ0n) is 17.4. The average molecular weight is 415 g/mol. The first-order valence-electron chi connectivity index (χ1n) is 10.3. The highest BCUT2D eigenvalue weighted by molar-refractivity contribution is 8.14. The molecule has 0 fully saturated rings. The van der Waals surface area contributed by atoms with Crippen LogP contribution < -0.4 is 11.2 Å². The minimum absolute atomic E-state index is 0.134. The molecule has 1 aromatic heterocycles. The van der Waals surface area contributed by atoms with Crippen LogP contribution in [0.4, 0.5) is 5.95 Å². The van der Waals surface area contributed by atoms with Crippen molar-refractivity contribution in [3.63, 3.8) is 0 Å². The van der Waals surface area contributed by atoms with Crippen LogP contribution in [0.25, 0.3) is 11.0 Å².